The number of halogens is 4. The van der Waals surface area contributed by atoms with Gasteiger partial charge in [-0.05, 0) is 0 Å². The van der Waals surface area contributed by atoms with Crippen LogP contribution in [0.15, 0.2) is 54.6 Å². The minimum atomic E-state index is -4.51. The van der Waals surface area contributed by atoms with Crippen molar-refractivity contribution >= 4 is 31.0 Å². The van der Waals surface area contributed by atoms with Gasteiger partial charge in [0.05, 0.1) is 0 Å². The van der Waals surface area contributed by atoms with Gasteiger partial charge in [-0.15, -0.1) is 0 Å². The first-order chi connectivity index (χ1) is 12.6. The average molecular weight is 448 g/mol. The van der Waals surface area contributed by atoms with Gasteiger partial charge in [0, 0.05) is 0 Å². The fourth-order valence-corrected chi connectivity index (χ4v) is 4.57. The summed E-state index contributed by atoms with van der Waals surface area (Å²) in [4.78, 5) is 11.9. The van der Waals surface area contributed by atoms with Crippen LogP contribution in [0.25, 0.3) is 0 Å². The summed E-state index contributed by atoms with van der Waals surface area (Å²) in [6.07, 6.45) is -4.51. The van der Waals surface area contributed by atoms with Gasteiger partial charge in [-0.25, -0.2) is 0 Å². The van der Waals surface area contributed by atoms with Crippen molar-refractivity contribution in [2.45, 2.75) is 30.4 Å². The summed E-state index contributed by atoms with van der Waals surface area (Å²) >= 11 is -0.536. The van der Waals surface area contributed by atoms with Crippen molar-refractivity contribution in [1.29, 1.82) is 0 Å². The van der Waals surface area contributed by atoms with Crippen molar-refractivity contribution in [2.75, 3.05) is 11.9 Å². The molecule has 0 saturated heterocycles. The SMILES string of the molecule is CC(C)(OCC(F)(F)F)C([Se]c1ccccc1)C(=O)Nc1ccccc1F. The van der Waals surface area contributed by atoms with Gasteiger partial charge >= 0.3 is 161 Å². The summed E-state index contributed by atoms with van der Waals surface area (Å²) in [6, 6.07) is 14.6. The van der Waals surface area contributed by atoms with Gasteiger partial charge in [0.25, 0.3) is 0 Å². The molecule has 2 rings (SSSR count). The van der Waals surface area contributed by atoms with E-state index in [-0.39, 0.29) is 5.69 Å². The predicted molar refractivity (Wildman–Crippen MR) is 96.7 cm³/mol. The van der Waals surface area contributed by atoms with Crippen LogP contribution in [0.4, 0.5) is 23.2 Å². The molecule has 0 heterocycles. The van der Waals surface area contributed by atoms with Gasteiger partial charge in [-0.3, -0.25) is 0 Å². The summed E-state index contributed by atoms with van der Waals surface area (Å²) in [7, 11) is 0. The summed E-state index contributed by atoms with van der Waals surface area (Å²) in [5.41, 5.74) is -1.43. The molecule has 1 unspecified atom stereocenters. The molecule has 1 N–H and O–H groups in total. The quantitative estimate of drug-likeness (QED) is 0.515. The van der Waals surface area contributed by atoms with E-state index in [4.69, 9.17) is 4.74 Å². The van der Waals surface area contributed by atoms with Gasteiger partial charge < -0.3 is 0 Å². The number of hydrogen-bond acceptors (Lipinski definition) is 2. The van der Waals surface area contributed by atoms with Crippen LogP contribution in [0.3, 0.4) is 0 Å². The number of benzene rings is 2. The molecule has 27 heavy (non-hydrogen) atoms. The molecule has 1 atom stereocenters. The average Bonchev–Trinajstić information content (AvgIpc) is 2.60. The number of rotatable bonds is 7. The maximum absolute atomic E-state index is 13.9. The van der Waals surface area contributed by atoms with Crippen molar-refractivity contribution in [3.05, 3.63) is 60.4 Å². The number of ether oxygens (including phenoxy) is 1. The van der Waals surface area contributed by atoms with E-state index < -0.39 is 49.9 Å². The van der Waals surface area contributed by atoms with Crippen LogP contribution in [-0.4, -0.2) is 39.2 Å². The molecule has 0 radical (unpaired) electrons. The molecule has 8 heteroatoms. The van der Waals surface area contributed by atoms with Crippen molar-refractivity contribution in [3.8, 4) is 0 Å². The molecule has 2 aromatic rings. The topological polar surface area (TPSA) is 38.3 Å². The number of hydrogen-bond donors (Lipinski definition) is 1. The Kier molecular flexibility index (Phi) is 7.03. The fraction of sp³-hybridized carbons (Fsp3) is 0.316. The molecule has 0 fully saturated rings. The number of nitrogens with one attached hydrogen (secondary N) is 1. The van der Waals surface area contributed by atoms with Crippen LogP contribution in [0.2, 0.25) is 4.82 Å². The second kappa shape index (κ2) is 8.87. The first kappa shape index (κ1) is 21.4. The summed E-state index contributed by atoms with van der Waals surface area (Å²) in [6.45, 7) is 1.42. The Bertz CT molecular complexity index is 766. The van der Waals surface area contributed by atoms with Crippen molar-refractivity contribution in [1.82, 2.24) is 0 Å². The molecule has 2 aromatic carbocycles. The number of carbonyl (C=O) groups excluding carboxylic acids is 1. The van der Waals surface area contributed by atoms with E-state index in [0.29, 0.717) is 0 Å². The van der Waals surface area contributed by atoms with Crippen LogP contribution in [0.1, 0.15) is 13.8 Å². The summed E-state index contributed by atoms with van der Waals surface area (Å²) in [5, 5.41) is 2.47. The maximum atomic E-state index is 13.9. The van der Waals surface area contributed by atoms with Gasteiger partial charge in [0.15, 0.2) is 0 Å². The summed E-state index contributed by atoms with van der Waals surface area (Å²) in [5.74, 6) is -1.21. The zero-order valence-electron chi connectivity index (χ0n) is 14.7. The van der Waals surface area contributed by atoms with E-state index in [1.807, 2.05) is 0 Å². The first-order valence-corrected chi connectivity index (χ1v) is 9.91. The molecule has 0 aliphatic heterocycles. The second-order valence-corrected chi connectivity index (χ2v) is 8.76. The molecule has 0 aromatic heterocycles. The second-order valence-electron chi connectivity index (χ2n) is 6.29. The molecule has 3 nitrogen and oxygen atoms in total. The van der Waals surface area contributed by atoms with E-state index in [2.05, 4.69) is 5.32 Å². The van der Waals surface area contributed by atoms with E-state index in [9.17, 15) is 22.4 Å². The van der Waals surface area contributed by atoms with Gasteiger partial charge in [-0.1, -0.05) is 0 Å². The molecular weight excluding hydrogens is 429 g/mol. The molecule has 1 amide bonds. The molecule has 0 spiro atoms. The Labute approximate surface area is 161 Å². The van der Waals surface area contributed by atoms with Gasteiger partial charge in [0.1, 0.15) is 0 Å². The van der Waals surface area contributed by atoms with E-state index in [0.717, 1.165) is 4.46 Å². The third kappa shape index (κ3) is 6.65. The normalized spacial score (nSPS) is 13.3. The number of carbonyl (C=O) groups is 1. The van der Waals surface area contributed by atoms with Gasteiger partial charge in [-0.2, -0.15) is 0 Å². The predicted octanol–water partition coefficient (Wildman–Crippen LogP) is 3.94. The molecule has 0 aliphatic carbocycles. The Morgan fingerprint density at radius 1 is 1.07 bits per heavy atom. The van der Waals surface area contributed by atoms with Crippen molar-refractivity contribution in [2.24, 2.45) is 0 Å². The standard InChI is InChI=1S/C19H19F4NO2Se/c1-18(2,26-12-19(21,22)23)16(27-13-8-4-3-5-9-13)17(25)24-15-11-7-6-10-14(15)20/h3-11,16H,12H2,1-2H3,(H,24,25). The van der Waals surface area contributed by atoms with Crippen LogP contribution in [0, 0.1) is 5.82 Å². The third-order valence-electron chi connectivity index (χ3n) is 3.61. The molecule has 0 aliphatic rings. The van der Waals surface area contributed by atoms with Crippen LogP contribution < -0.4 is 9.78 Å². The number of alkyl halides is 3. The summed E-state index contributed by atoms with van der Waals surface area (Å²) < 4.78 is 57.5. The number of para-hydroxylation sites is 1. The Morgan fingerprint density at radius 3 is 2.26 bits per heavy atom. The van der Waals surface area contributed by atoms with Gasteiger partial charge in [0.2, 0.25) is 0 Å². The zero-order valence-corrected chi connectivity index (χ0v) is 16.4. The monoisotopic (exact) mass is 449 g/mol. The van der Waals surface area contributed by atoms with E-state index in [1.54, 1.807) is 36.4 Å². The number of amides is 1. The van der Waals surface area contributed by atoms with Crippen molar-refractivity contribution < 1.29 is 27.1 Å². The van der Waals surface area contributed by atoms with Crippen molar-refractivity contribution in [3.63, 3.8) is 0 Å². The number of anilines is 1. The molecule has 0 saturated carbocycles. The zero-order chi connectivity index (χ0) is 20.1. The minimum absolute atomic E-state index is 0.0250. The third-order valence-corrected chi connectivity index (χ3v) is 6.88. The molecule has 0 bridgehead atoms. The van der Waals surface area contributed by atoms with E-state index in [1.165, 1.54) is 32.0 Å². The van der Waals surface area contributed by atoms with Crippen LogP contribution in [-0.2, 0) is 9.53 Å². The Morgan fingerprint density at radius 2 is 1.67 bits per heavy atom. The Balaban J connectivity index is 2.25. The van der Waals surface area contributed by atoms with Crippen LogP contribution >= 0.6 is 0 Å². The van der Waals surface area contributed by atoms with Crippen LogP contribution in [0.5, 0.6) is 0 Å². The molecule has 146 valence electrons. The van der Waals surface area contributed by atoms with E-state index >= 15 is 0 Å². The Hall–Kier alpha value is -1.89. The first-order valence-electron chi connectivity index (χ1n) is 8.06. The fourth-order valence-electron chi connectivity index (χ4n) is 2.25. The molecular formula is C19H19F4NO2Se.